The quantitative estimate of drug-likeness (QED) is 0.143. The number of benzene rings is 6. The molecule has 0 saturated heterocycles. The van der Waals surface area contributed by atoms with Crippen molar-refractivity contribution in [2.75, 3.05) is 0 Å². The van der Waals surface area contributed by atoms with Gasteiger partial charge >= 0.3 is 0 Å². The Bertz CT molecular complexity index is 2880. The van der Waals surface area contributed by atoms with Crippen LogP contribution in [0.25, 0.3) is 83.8 Å². The molecule has 5 nitrogen and oxygen atoms in total. The van der Waals surface area contributed by atoms with Crippen LogP contribution in [-0.2, 0) is 0 Å². The fraction of sp³-hybridized carbons (Fsp3) is 0.120. The highest BCUT2D eigenvalue weighted by Gasteiger charge is 2.32. The van der Waals surface area contributed by atoms with Gasteiger partial charge in [0, 0.05) is 22.7 Å². The van der Waals surface area contributed by atoms with Gasteiger partial charge in [-0.3, -0.25) is 13.7 Å². The molecule has 0 bridgehead atoms. The van der Waals surface area contributed by atoms with Crippen molar-refractivity contribution in [2.45, 2.75) is 39.5 Å². The molecule has 0 spiro atoms. The van der Waals surface area contributed by atoms with E-state index in [2.05, 4.69) is 163 Å². The van der Waals surface area contributed by atoms with Gasteiger partial charge < -0.3 is 5.11 Å². The van der Waals surface area contributed by atoms with Crippen molar-refractivity contribution < 1.29 is 9.67 Å². The van der Waals surface area contributed by atoms with Crippen LogP contribution in [0.4, 0.5) is 0 Å². The summed E-state index contributed by atoms with van der Waals surface area (Å²) in [6, 6.07) is 51.2. The Morgan fingerprint density at radius 2 is 1.22 bits per heavy atom. The fourth-order valence-electron chi connectivity index (χ4n) is 8.72. The van der Waals surface area contributed by atoms with E-state index in [0.29, 0.717) is 5.69 Å². The normalized spacial score (nSPS) is 12.0. The number of aromatic hydroxyl groups is 1. The number of aromatic nitrogens is 4. The molecule has 0 saturated carbocycles. The number of rotatable bonds is 5. The Hall–Kier alpha value is -6.72. The average Bonchev–Trinajstić information content (AvgIpc) is 3.76. The second kappa shape index (κ2) is 12.7. The third-order valence-electron chi connectivity index (χ3n) is 11.2. The number of pyridine rings is 1. The van der Waals surface area contributed by atoms with E-state index < -0.39 is 0 Å². The van der Waals surface area contributed by atoms with Crippen LogP contribution in [0.15, 0.2) is 152 Å². The molecule has 0 aliphatic carbocycles. The lowest BCUT2D eigenvalue weighted by Crippen LogP contribution is -2.32. The van der Waals surface area contributed by atoms with Crippen LogP contribution in [-0.4, -0.2) is 19.2 Å². The summed E-state index contributed by atoms with van der Waals surface area (Å²) < 4.78 is 6.62. The number of para-hydroxylation sites is 3. The zero-order valence-corrected chi connectivity index (χ0v) is 31.3. The summed E-state index contributed by atoms with van der Waals surface area (Å²) >= 11 is 0. The second-order valence-corrected chi connectivity index (χ2v) is 15.1. The van der Waals surface area contributed by atoms with Crippen molar-refractivity contribution in [2.24, 2.45) is 0 Å². The number of imidazole rings is 1. The molecular weight excluding hydrogens is 673 g/mol. The van der Waals surface area contributed by atoms with Gasteiger partial charge in [-0.1, -0.05) is 131 Å². The van der Waals surface area contributed by atoms with Gasteiger partial charge in [-0.15, -0.1) is 0 Å². The summed E-state index contributed by atoms with van der Waals surface area (Å²) in [6.45, 7) is 9.06. The van der Waals surface area contributed by atoms with Crippen LogP contribution < -0.4 is 4.57 Å². The van der Waals surface area contributed by atoms with Gasteiger partial charge in [-0.2, -0.15) is 0 Å². The molecule has 266 valence electrons. The molecule has 5 heteroatoms. The maximum absolute atomic E-state index is 11.6. The minimum absolute atomic E-state index is 0.193. The van der Waals surface area contributed by atoms with Gasteiger partial charge in [0.2, 0.25) is 0 Å². The first-order chi connectivity index (χ1) is 26.9. The van der Waals surface area contributed by atoms with E-state index in [4.69, 9.17) is 4.98 Å². The SMILES string of the molecule is CC(C)c1cccc(C(C)C)c1-c1c2n([c-][n+]1-c1ccccc1O)-c1cc(-n3c4ccccc4c4cccnc43)ccc1-c1ccccc1-c1ccccc1-2. The summed E-state index contributed by atoms with van der Waals surface area (Å²) in [6.07, 6.45) is 5.75. The van der Waals surface area contributed by atoms with Crippen molar-refractivity contribution in [3.8, 4) is 67.6 Å². The smallest absolute Gasteiger partial charge is 0.270 e. The number of phenols is 1. The Kier molecular flexibility index (Phi) is 7.60. The molecule has 6 aromatic carbocycles. The van der Waals surface area contributed by atoms with Gasteiger partial charge in [0.05, 0.1) is 22.6 Å². The predicted molar refractivity (Wildman–Crippen MR) is 223 cm³/mol. The molecule has 0 fully saturated rings. The van der Waals surface area contributed by atoms with E-state index in [1.807, 2.05) is 30.5 Å². The number of nitrogens with zero attached hydrogens (tertiary/aromatic N) is 4. The van der Waals surface area contributed by atoms with E-state index in [0.717, 1.165) is 67.0 Å². The third-order valence-corrected chi connectivity index (χ3v) is 11.2. The molecule has 1 aliphatic heterocycles. The summed E-state index contributed by atoms with van der Waals surface area (Å²) in [7, 11) is 0. The summed E-state index contributed by atoms with van der Waals surface area (Å²) in [4.78, 5) is 4.93. The van der Waals surface area contributed by atoms with Gasteiger partial charge in [-0.25, -0.2) is 4.98 Å². The third kappa shape index (κ3) is 5.00. The first-order valence-corrected chi connectivity index (χ1v) is 19.1. The molecule has 1 N–H and O–H groups in total. The van der Waals surface area contributed by atoms with Gasteiger partial charge in [0.25, 0.3) is 6.33 Å². The maximum Gasteiger partial charge on any atom is 0.270 e. The summed E-state index contributed by atoms with van der Waals surface area (Å²) in [5, 5.41) is 13.9. The first-order valence-electron chi connectivity index (χ1n) is 19.1. The predicted octanol–water partition coefficient (Wildman–Crippen LogP) is 12.0. The molecule has 0 amide bonds. The van der Waals surface area contributed by atoms with Gasteiger partial charge in [0.1, 0.15) is 17.1 Å². The number of fused-ring (bicyclic) bond motifs is 11. The van der Waals surface area contributed by atoms with Crippen LogP contribution in [0.1, 0.15) is 50.7 Å². The average molecular weight is 713 g/mol. The van der Waals surface area contributed by atoms with Crippen molar-refractivity contribution in [3.05, 3.63) is 169 Å². The molecule has 10 rings (SSSR count). The Labute approximate surface area is 321 Å². The first kappa shape index (κ1) is 32.9. The van der Waals surface area contributed by atoms with Crippen molar-refractivity contribution in [1.82, 2.24) is 14.1 Å². The molecule has 0 atom stereocenters. The topological polar surface area (TPSA) is 46.9 Å². The Morgan fingerprint density at radius 1 is 0.600 bits per heavy atom. The zero-order chi connectivity index (χ0) is 37.4. The van der Waals surface area contributed by atoms with Crippen LogP contribution in [0, 0.1) is 6.33 Å². The minimum atomic E-state index is 0.193. The van der Waals surface area contributed by atoms with Crippen molar-refractivity contribution in [1.29, 1.82) is 0 Å². The lowest BCUT2D eigenvalue weighted by atomic mass is 9.83. The van der Waals surface area contributed by atoms with Crippen molar-refractivity contribution >= 4 is 21.9 Å². The number of hydrogen-bond donors (Lipinski definition) is 1. The van der Waals surface area contributed by atoms with E-state index in [1.165, 1.54) is 22.3 Å². The zero-order valence-electron chi connectivity index (χ0n) is 31.3. The molecule has 3 aromatic heterocycles. The van der Waals surface area contributed by atoms with E-state index in [1.54, 1.807) is 6.07 Å². The summed E-state index contributed by atoms with van der Waals surface area (Å²) in [5.74, 6) is 0.681. The fourth-order valence-corrected chi connectivity index (χ4v) is 8.72. The molecule has 0 unspecified atom stereocenters. The monoisotopic (exact) mass is 712 g/mol. The number of hydrogen-bond acceptors (Lipinski definition) is 2. The second-order valence-electron chi connectivity index (χ2n) is 15.1. The van der Waals surface area contributed by atoms with E-state index in [9.17, 15) is 5.11 Å². The van der Waals surface area contributed by atoms with Crippen molar-refractivity contribution in [3.63, 3.8) is 0 Å². The van der Waals surface area contributed by atoms with Crippen LogP contribution in [0.2, 0.25) is 0 Å². The Morgan fingerprint density at radius 3 is 1.95 bits per heavy atom. The van der Waals surface area contributed by atoms with Gasteiger partial charge in [0.15, 0.2) is 0 Å². The lowest BCUT2D eigenvalue weighted by molar-refractivity contribution is -0.588. The van der Waals surface area contributed by atoms with Crippen LogP contribution in [0.3, 0.4) is 0 Å². The standard InChI is InChI=1S/C50H40N4O/c1-31(2)34-20-13-21-35(32(3)4)47(34)49-48-41-19-8-7-17-38(41)36-15-5-6-16-37(36)40-27-26-33(29-45(40)53(48)30-52(49)44-24-11-12-25-46(44)55)54-43-23-10-9-18-39(43)42-22-14-28-51-50(42)54/h5-29,31-32,55H,1-4H3. The van der Waals surface area contributed by atoms with Gasteiger partial charge in [-0.05, 0) is 98.8 Å². The Balaban J connectivity index is 1.41. The molecule has 55 heavy (non-hydrogen) atoms. The molecule has 4 heterocycles. The van der Waals surface area contributed by atoms with Crippen LogP contribution in [0.5, 0.6) is 5.75 Å². The van der Waals surface area contributed by atoms with E-state index >= 15 is 0 Å². The van der Waals surface area contributed by atoms with Crippen LogP contribution >= 0.6 is 0 Å². The highest BCUT2D eigenvalue weighted by atomic mass is 16.3. The highest BCUT2D eigenvalue weighted by molar-refractivity contribution is 6.08. The van der Waals surface area contributed by atoms with E-state index in [-0.39, 0.29) is 17.6 Å². The maximum atomic E-state index is 11.6. The molecule has 9 aromatic rings. The number of phenolic OH excluding ortho intramolecular Hbond substituents is 1. The largest absolute Gasteiger partial charge is 0.511 e. The molecule has 1 aliphatic rings. The molecular formula is C50H40N4O. The lowest BCUT2D eigenvalue weighted by Gasteiger charge is -2.26. The highest BCUT2D eigenvalue weighted by Crippen LogP contribution is 2.49. The molecule has 0 radical (unpaired) electrons. The minimum Gasteiger partial charge on any atom is -0.511 e. The summed E-state index contributed by atoms with van der Waals surface area (Å²) in [5.41, 5.74) is 16.0.